The number of fused-ring (bicyclic) bond motifs is 1. The van der Waals surface area contributed by atoms with E-state index in [2.05, 4.69) is 15.1 Å². The number of benzene rings is 1. The topological polar surface area (TPSA) is 63.9 Å². The Morgan fingerprint density at radius 3 is 2.84 bits per heavy atom. The summed E-state index contributed by atoms with van der Waals surface area (Å²) in [5.41, 5.74) is 3.89. The maximum atomic E-state index is 13.1. The Morgan fingerprint density at radius 2 is 2.04 bits per heavy atom. The molecule has 1 aliphatic heterocycles. The van der Waals surface area contributed by atoms with E-state index in [1.54, 1.807) is 41.0 Å². The van der Waals surface area contributed by atoms with Gasteiger partial charge in [-0.05, 0) is 30.3 Å². The molecule has 7 heteroatoms. The molecule has 25 heavy (non-hydrogen) atoms. The highest BCUT2D eigenvalue weighted by Crippen LogP contribution is 2.22. The second-order valence-electron chi connectivity index (χ2n) is 6.02. The molecule has 4 rings (SSSR count). The fourth-order valence-corrected chi connectivity index (χ4v) is 3.03. The molecule has 0 atom stereocenters. The lowest BCUT2D eigenvalue weighted by Gasteiger charge is -2.27. The van der Waals surface area contributed by atoms with Crippen LogP contribution in [0.2, 0.25) is 0 Å². The van der Waals surface area contributed by atoms with Crippen LogP contribution in [0, 0.1) is 5.82 Å². The van der Waals surface area contributed by atoms with Crippen molar-refractivity contribution in [1.29, 1.82) is 0 Å². The molecule has 0 spiro atoms. The zero-order valence-electron chi connectivity index (χ0n) is 13.7. The van der Waals surface area contributed by atoms with E-state index in [0.29, 0.717) is 30.9 Å². The molecule has 1 aliphatic rings. The molecule has 6 nitrogen and oxygen atoms in total. The third-order valence-corrected chi connectivity index (χ3v) is 4.39. The maximum absolute atomic E-state index is 13.1. The van der Waals surface area contributed by atoms with Gasteiger partial charge in [0, 0.05) is 43.9 Å². The van der Waals surface area contributed by atoms with Crippen LogP contribution in [0.15, 0.2) is 42.9 Å². The molecule has 0 unspecified atom stereocenters. The molecular formula is C18H16FN5O. The number of aromatic nitrogens is 4. The number of rotatable bonds is 2. The SMILES string of the molecule is Cn1nc(-c2ccc(F)cc2)cc1C(=O)N1CCc2ncncc2C1. The van der Waals surface area contributed by atoms with Crippen molar-refractivity contribution in [3.8, 4) is 11.3 Å². The molecule has 2 aromatic heterocycles. The summed E-state index contributed by atoms with van der Waals surface area (Å²) in [6.45, 7) is 1.10. The maximum Gasteiger partial charge on any atom is 0.272 e. The predicted octanol–water partition coefficient (Wildman–Crippen LogP) is 2.21. The number of amides is 1. The molecule has 0 N–H and O–H groups in total. The molecule has 0 radical (unpaired) electrons. The lowest BCUT2D eigenvalue weighted by molar-refractivity contribution is 0.0722. The zero-order valence-corrected chi connectivity index (χ0v) is 13.7. The Hall–Kier alpha value is -3.09. The van der Waals surface area contributed by atoms with Crippen molar-refractivity contribution in [1.82, 2.24) is 24.6 Å². The summed E-state index contributed by atoms with van der Waals surface area (Å²) in [4.78, 5) is 23.0. The van der Waals surface area contributed by atoms with Gasteiger partial charge in [-0.3, -0.25) is 9.48 Å². The Labute approximate surface area is 143 Å². The molecule has 0 fully saturated rings. The van der Waals surface area contributed by atoms with E-state index in [1.165, 1.54) is 18.5 Å². The first-order chi connectivity index (χ1) is 12.1. The summed E-state index contributed by atoms with van der Waals surface area (Å²) in [6.07, 6.45) is 4.01. The number of carbonyl (C=O) groups is 1. The summed E-state index contributed by atoms with van der Waals surface area (Å²) >= 11 is 0. The monoisotopic (exact) mass is 337 g/mol. The predicted molar refractivity (Wildman–Crippen MR) is 89.1 cm³/mol. The largest absolute Gasteiger partial charge is 0.332 e. The highest BCUT2D eigenvalue weighted by atomic mass is 19.1. The van der Waals surface area contributed by atoms with Gasteiger partial charge in [0.25, 0.3) is 5.91 Å². The average molecular weight is 337 g/mol. The normalized spacial score (nSPS) is 13.6. The van der Waals surface area contributed by atoms with Crippen LogP contribution < -0.4 is 0 Å². The van der Waals surface area contributed by atoms with Crippen LogP contribution in [-0.4, -0.2) is 37.1 Å². The molecule has 0 saturated heterocycles. The van der Waals surface area contributed by atoms with Crippen LogP contribution in [0.5, 0.6) is 0 Å². The number of nitrogens with zero attached hydrogens (tertiary/aromatic N) is 5. The minimum absolute atomic E-state index is 0.0853. The Balaban J connectivity index is 1.60. The van der Waals surface area contributed by atoms with Crippen LogP contribution in [-0.2, 0) is 20.0 Å². The van der Waals surface area contributed by atoms with E-state index >= 15 is 0 Å². The van der Waals surface area contributed by atoms with Gasteiger partial charge >= 0.3 is 0 Å². The summed E-state index contributed by atoms with van der Waals surface area (Å²) in [5, 5.41) is 4.39. The van der Waals surface area contributed by atoms with Crippen molar-refractivity contribution in [2.45, 2.75) is 13.0 Å². The van der Waals surface area contributed by atoms with Crippen molar-refractivity contribution in [2.75, 3.05) is 6.54 Å². The van der Waals surface area contributed by atoms with Gasteiger partial charge in [0.15, 0.2) is 0 Å². The number of aryl methyl sites for hydroxylation is 1. The Bertz CT molecular complexity index is 935. The molecule has 1 aromatic carbocycles. The van der Waals surface area contributed by atoms with E-state index in [1.807, 2.05) is 0 Å². The van der Waals surface area contributed by atoms with Gasteiger partial charge < -0.3 is 4.90 Å². The van der Waals surface area contributed by atoms with Crippen molar-refractivity contribution in [2.24, 2.45) is 7.05 Å². The second kappa shape index (κ2) is 6.08. The van der Waals surface area contributed by atoms with Crippen molar-refractivity contribution >= 4 is 5.91 Å². The number of hydrogen-bond acceptors (Lipinski definition) is 4. The van der Waals surface area contributed by atoms with Gasteiger partial charge in [0.2, 0.25) is 0 Å². The minimum atomic E-state index is -0.301. The van der Waals surface area contributed by atoms with Crippen LogP contribution in [0.3, 0.4) is 0 Å². The molecular weight excluding hydrogens is 321 g/mol. The third-order valence-electron chi connectivity index (χ3n) is 4.39. The van der Waals surface area contributed by atoms with E-state index in [-0.39, 0.29) is 11.7 Å². The lowest BCUT2D eigenvalue weighted by Crippen LogP contribution is -2.37. The third kappa shape index (κ3) is 2.88. The van der Waals surface area contributed by atoms with Crippen LogP contribution in [0.1, 0.15) is 21.7 Å². The van der Waals surface area contributed by atoms with Crippen molar-refractivity contribution in [3.05, 3.63) is 65.6 Å². The molecule has 1 amide bonds. The van der Waals surface area contributed by atoms with Crippen molar-refractivity contribution in [3.63, 3.8) is 0 Å². The number of carbonyl (C=O) groups excluding carboxylic acids is 1. The van der Waals surface area contributed by atoms with Gasteiger partial charge in [0.05, 0.1) is 11.4 Å². The van der Waals surface area contributed by atoms with Crippen molar-refractivity contribution < 1.29 is 9.18 Å². The first-order valence-electron chi connectivity index (χ1n) is 7.99. The number of hydrogen-bond donors (Lipinski definition) is 0. The van der Waals surface area contributed by atoms with Gasteiger partial charge in [-0.2, -0.15) is 5.10 Å². The first-order valence-corrected chi connectivity index (χ1v) is 7.99. The van der Waals surface area contributed by atoms with E-state index in [0.717, 1.165) is 16.8 Å². The average Bonchev–Trinajstić information content (AvgIpc) is 3.03. The standard InChI is InChI=1S/C18H16FN5O/c1-23-17(8-16(22-23)12-2-4-14(19)5-3-12)18(25)24-7-6-15-13(10-24)9-20-11-21-15/h2-5,8-9,11H,6-7,10H2,1H3. The van der Waals surface area contributed by atoms with Gasteiger partial charge in [-0.1, -0.05) is 0 Å². The zero-order chi connectivity index (χ0) is 17.4. The second-order valence-corrected chi connectivity index (χ2v) is 6.02. The minimum Gasteiger partial charge on any atom is -0.332 e. The summed E-state index contributed by atoms with van der Waals surface area (Å²) < 4.78 is 14.7. The quantitative estimate of drug-likeness (QED) is 0.719. The molecule has 126 valence electrons. The van der Waals surface area contributed by atoms with Crippen LogP contribution >= 0.6 is 0 Å². The fourth-order valence-electron chi connectivity index (χ4n) is 3.03. The van der Waals surface area contributed by atoms with E-state index in [4.69, 9.17) is 0 Å². The number of halogens is 1. The highest BCUT2D eigenvalue weighted by Gasteiger charge is 2.25. The first kappa shape index (κ1) is 15.4. The highest BCUT2D eigenvalue weighted by molar-refractivity contribution is 5.93. The van der Waals surface area contributed by atoms with Gasteiger partial charge in [0.1, 0.15) is 17.8 Å². The van der Waals surface area contributed by atoms with Gasteiger partial charge in [-0.25, -0.2) is 14.4 Å². The van der Waals surface area contributed by atoms with Crippen LogP contribution in [0.25, 0.3) is 11.3 Å². The van der Waals surface area contributed by atoms with E-state index < -0.39 is 0 Å². The summed E-state index contributed by atoms with van der Waals surface area (Å²) in [5.74, 6) is -0.386. The lowest BCUT2D eigenvalue weighted by atomic mass is 10.1. The molecule has 0 bridgehead atoms. The smallest absolute Gasteiger partial charge is 0.272 e. The van der Waals surface area contributed by atoms with Gasteiger partial charge in [-0.15, -0.1) is 0 Å². The molecule has 0 saturated carbocycles. The summed E-state index contributed by atoms with van der Waals surface area (Å²) in [7, 11) is 1.74. The molecule has 3 heterocycles. The van der Waals surface area contributed by atoms with Crippen LogP contribution in [0.4, 0.5) is 4.39 Å². The van der Waals surface area contributed by atoms with E-state index in [9.17, 15) is 9.18 Å². The molecule has 0 aliphatic carbocycles. The Kier molecular flexibility index (Phi) is 3.76. The fraction of sp³-hybridized carbons (Fsp3) is 0.222. The Morgan fingerprint density at radius 1 is 1.24 bits per heavy atom. The summed E-state index contributed by atoms with van der Waals surface area (Å²) in [6, 6.07) is 7.81. The molecule has 3 aromatic rings.